The Kier molecular flexibility index (Phi) is 5.23. The van der Waals surface area contributed by atoms with Crippen LogP contribution in [0.2, 0.25) is 0 Å². The summed E-state index contributed by atoms with van der Waals surface area (Å²) in [6, 6.07) is 0. The van der Waals surface area contributed by atoms with Crippen molar-refractivity contribution < 1.29 is 19.8 Å². The van der Waals surface area contributed by atoms with Crippen LogP contribution < -0.4 is 5.32 Å². The molecule has 2 rings (SSSR count). The molecule has 2 aromatic heterocycles. The van der Waals surface area contributed by atoms with E-state index in [1.807, 2.05) is 13.8 Å². The molecule has 23 heavy (non-hydrogen) atoms. The molecule has 0 saturated carbocycles. The number of thiophene rings is 1. The summed E-state index contributed by atoms with van der Waals surface area (Å²) in [7, 11) is 0. The van der Waals surface area contributed by atoms with Gasteiger partial charge in [0.15, 0.2) is 5.60 Å². The van der Waals surface area contributed by atoms with E-state index in [0.29, 0.717) is 0 Å². The number of rotatable bonds is 6. The predicted octanol–water partition coefficient (Wildman–Crippen LogP) is 1.35. The minimum atomic E-state index is -1.98. The number of aliphatic carboxylic acids is 1. The summed E-state index contributed by atoms with van der Waals surface area (Å²) < 4.78 is 0. The van der Waals surface area contributed by atoms with Gasteiger partial charge in [0.1, 0.15) is 16.2 Å². The zero-order chi connectivity index (χ0) is 17.2. The van der Waals surface area contributed by atoms with Crippen LogP contribution in [0.15, 0.2) is 11.4 Å². The number of nitrogens with zero attached hydrogens (tertiary/aromatic N) is 2. The fourth-order valence-electron chi connectivity index (χ4n) is 1.79. The van der Waals surface area contributed by atoms with Crippen molar-refractivity contribution in [1.29, 1.82) is 0 Å². The Labute approximate surface area is 141 Å². The minimum absolute atomic E-state index is 0.0795. The Balaban J connectivity index is 2.01. The number of carbonyl (C=O) groups is 2. The first-order chi connectivity index (χ1) is 10.7. The maximum Gasteiger partial charge on any atom is 0.337 e. The summed E-state index contributed by atoms with van der Waals surface area (Å²) in [5.74, 6) is -1.67. The van der Waals surface area contributed by atoms with Crippen LogP contribution in [0, 0.1) is 13.8 Å². The molecule has 2 aromatic rings. The van der Waals surface area contributed by atoms with Gasteiger partial charge in [-0.25, -0.2) is 14.8 Å². The lowest BCUT2D eigenvalue weighted by Crippen LogP contribution is -2.46. The molecule has 0 aliphatic carbocycles. The van der Waals surface area contributed by atoms with Crippen molar-refractivity contribution in [2.45, 2.75) is 31.4 Å². The van der Waals surface area contributed by atoms with E-state index >= 15 is 0 Å². The van der Waals surface area contributed by atoms with Gasteiger partial charge in [0.25, 0.3) is 0 Å². The van der Waals surface area contributed by atoms with Crippen LogP contribution in [0.25, 0.3) is 10.2 Å². The van der Waals surface area contributed by atoms with Gasteiger partial charge in [0.05, 0.1) is 12.3 Å². The van der Waals surface area contributed by atoms with Gasteiger partial charge in [0.2, 0.25) is 5.91 Å². The molecule has 0 fully saturated rings. The summed E-state index contributed by atoms with van der Waals surface area (Å²) in [5.41, 5.74) is -0.883. The Hall–Kier alpha value is -1.71. The molecule has 0 bridgehead atoms. The molecule has 0 radical (unpaired) electrons. The molecular formula is C14H17N3O4S2. The highest BCUT2D eigenvalue weighted by Crippen LogP contribution is 2.34. The maximum atomic E-state index is 11.8. The molecule has 2 heterocycles. The fourth-order valence-corrected chi connectivity index (χ4v) is 3.74. The van der Waals surface area contributed by atoms with Crippen molar-refractivity contribution >= 4 is 45.2 Å². The maximum absolute atomic E-state index is 11.8. The van der Waals surface area contributed by atoms with Crippen molar-refractivity contribution in [2.75, 3.05) is 12.3 Å². The third-order valence-electron chi connectivity index (χ3n) is 3.36. The van der Waals surface area contributed by atoms with E-state index in [-0.39, 0.29) is 18.2 Å². The van der Waals surface area contributed by atoms with E-state index in [1.165, 1.54) is 18.1 Å². The SMILES string of the molecule is Cc1sc2ncnc(SCC(=O)NCC(C)(O)C(=O)O)c2c1C. The lowest BCUT2D eigenvalue weighted by molar-refractivity contribution is -0.156. The van der Waals surface area contributed by atoms with Crippen LogP contribution >= 0.6 is 23.1 Å². The van der Waals surface area contributed by atoms with E-state index < -0.39 is 11.6 Å². The van der Waals surface area contributed by atoms with E-state index in [9.17, 15) is 14.7 Å². The second kappa shape index (κ2) is 6.81. The first-order valence-corrected chi connectivity index (χ1v) is 8.58. The number of aromatic nitrogens is 2. The number of fused-ring (bicyclic) bond motifs is 1. The number of carbonyl (C=O) groups excluding carboxylic acids is 1. The largest absolute Gasteiger partial charge is 0.479 e. The Bertz CT molecular complexity index is 758. The Morgan fingerprint density at radius 2 is 2.09 bits per heavy atom. The van der Waals surface area contributed by atoms with Gasteiger partial charge in [-0.3, -0.25) is 4.79 Å². The second-order valence-corrected chi connectivity index (χ2v) is 7.45. The van der Waals surface area contributed by atoms with Gasteiger partial charge in [-0.15, -0.1) is 11.3 Å². The zero-order valence-electron chi connectivity index (χ0n) is 12.9. The molecule has 7 nitrogen and oxygen atoms in total. The van der Waals surface area contributed by atoms with E-state index in [4.69, 9.17) is 5.11 Å². The van der Waals surface area contributed by atoms with E-state index in [2.05, 4.69) is 15.3 Å². The van der Waals surface area contributed by atoms with Crippen LogP contribution in [0.5, 0.6) is 0 Å². The van der Waals surface area contributed by atoms with Gasteiger partial charge in [0, 0.05) is 10.3 Å². The summed E-state index contributed by atoms with van der Waals surface area (Å²) in [6.07, 6.45) is 1.47. The number of carboxylic acid groups (broad SMARTS) is 1. The van der Waals surface area contributed by atoms with Gasteiger partial charge >= 0.3 is 5.97 Å². The highest BCUT2D eigenvalue weighted by Gasteiger charge is 2.30. The Morgan fingerprint density at radius 1 is 1.39 bits per heavy atom. The average molecular weight is 355 g/mol. The van der Waals surface area contributed by atoms with Gasteiger partial charge < -0.3 is 15.5 Å². The van der Waals surface area contributed by atoms with Gasteiger partial charge in [-0.1, -0.05) is 11.8 Å². The number of amides is 1. The Morgan fingerprint density at radius 3 is 2.74 bits per heavy atom. The summed E-state index contributed by atoms with van der Waals surface area (Å²) >= 11 is 2.84. The standard InChI is InChI=1S/C14H17N3O4S2/c1-7-8(2)23-12-10(7)11(16-6-17-12)22-4-9(18)15-5-14(3,21)13(19)20/h6,21H,4-5H2,1-3H3,(H,15,18)(H,19,20). The third-order valence-corrected chi connectivity index (χ3v) is 5.47. The van der Waals surface area contributed by atoms with E-state index in [0.717, 1.165) is 32.6 Å². The molecule has 0 aliphatic heterocycles. The van der Waals surface area contributed by atoms with Crippen LogP contribution in [-0.4, -0.2) is 50.0 Å². The smallest absolute Gasteiger partial charge is 0.337 e. The molecule has 1 unspecified atom stereocenters. The molecule has 1 amide bonds. The van der Waals surface area contributed by atoms with Crippen LogP contribution in [-0.2, 0) is 9.59 Å². The molecule has 0 saturated heterocycles. The van der Waals surface area contributed by atoms with Crippen molar-refractivity contribution in [2.24, 2.45) is 0 Å². The number of hydrogen-bond donors (Lipinski definition) is 3. The number of carboxylic acids is 1. The van der Waals surface area contributed by atoms with Crippen molar-refractivity contribution in [3.8, 4) is 0 Å². The quantitative estimate of drug-likeness (QED) is 0.529. The van der Waals surface area contributed by atoms with Crippen LogP contribution in [0.4, 0.5) is 0 Å². The summed E-state index contributed by atoms with van der Waals surface area (Å²) in [4.78, 5) is 33.1. The summed E-state index contributed by atoms with van der Waals surface area (Å²) in [5, 5.41) is 22.4. The average Bonchev–Trinajstić information content (AvgIpc) is 2.78. The first-order valence-electron chi connectivity index (χ1n) is 6.78. The predicted molar refractivity (Wildman–Crippen MR) is 88.9 cm³/mol. The summed E-state index contributed by atoms with van der Waals surface area (Å²) in [6.45, 7) is 4.79. The van der Waals surface area contributed by atoms with Crippen molar-refractivity contribution in [1.82, 2.24) is 15.3 Å². The molecule has 0 aromatic carbocycles. The number of nitrogens with one attached hydrogen (secondary N) is 1. The number of hydrogen-bond acceptors (Lipinski definition) is 7. The highest BCUT2D eigenvalue weighted by molar-refractivity contribution is 8.00. The normalized spacial score (nSPS) is 13.7. The van der Waals surface area contributed by atoms with Gasteiger partial charge in [-0.05, 0) is 26.3 Å². The van der Waals surface area contributed by atoms with Crippen molar-refractivity contribution in [3.63, 3.8) is 0 Å². The topological polar surface area (TPSA) is 112 Å². The van der Waals surface area contributed by atoms with Gasteiger partial charge in [-0.2, -0.15) is 0 Å². The number of thioether (sulfide) groups is 1. The lowest BCUT2D eigenvalue weighted by atomic mass is 10.1. The molecule has 3 N–H and O–H groups in total. The second-order valence-electron chi connectivity index (χ2n) is 5.29. The first kappa shape index (κ1) is 17.6. The molecular weight excluding hydrogens is 338 g/mol. The fraction of sp³-hybridized carbons (Fsp3) is 0.429. The van der Waals surface area contributed by atoms with E-state index in [1.54, 1.807) is 11.3 Å². The van der Waals surface area contributed by atoms with Crippen molar-refractivity contribution in [3.05, 3.63) is 16.8 Å². The third kappa shape index (κ3) is 3.98. The molecule has 9 heteroatoms. The lowest BCUT2D eigenvalue weighted by Gasteiger charge is -2.18. The highest BCUT2D eigenvalue weighted by atomic mass is 32.2. The zero-order valence-corrected chi connectivity index (χ0v) is 14.5. The number of aliphatic hydroxyl groups is 1. The molecule has 1 atom stereocenters. The molecule has 0 spiro atoms. The van der Waals surface area contributed by atoms with Crippen LogP contribution in [0.1, 0.15) is 17.4 Å². The van der Waals surface area contributed by atoms with Crippen LogP contribution in [0.3, 0.4) is 0 Å². The minimum Gasteiger partial charge on any atom is -0.479 e. The number of aryl methyl sites for hydroxylation is 2. The monoisotopic (exact) mass is 355 g/mol. The molecule has 0 aliphatic rings. The molecule has 124 valence electrons.